The van der Waals surface area contributed by atoms with E-state index in [1.165, 1.54) is 24.3 Å². The Morgan fingerprint density at radius 2 is 1.79 bits per heavy atom. The van der Waals surface area contributed by atoms with E-state index in [1.807, 2.05) is 0 Å². The fraction of sp³-hybridized carbons (Fsp3) is 0.273. The van der Waals surface area contributed by atoms with Gasteiger partial charge in [0.05, 0.1) is 25.0 Å². The lowest BCUT2D eigenvalue weighted by atomic mass is 10.1. The monoisotopic (exact) mass is 451 g/mol. The highest BCUT2D eigenvalue weighted by molar-refractivity contribution is 6.26. The molecule has 4 rings (SSSR count). The summed E-state index contributed by atoms with van der Waals surface area (Å²) in [5, 5.41) is 11.7. The quantitative estimate of drug-likeness (QED) is 0.502. The Bertz CT molecular complexity index is 1130. The van der Waals surface area contributed by atoms with E-state index < -0.39 is 35.8 Å². The molecule has 1 N–H and O–H groups in total. The van der Waals surface area contributed by atoms with Gasteiger partial charge in [0.1, 0.15) is 12.3 Å². The molecule has 2 aromatic rings. The largest absolute Gasteiger partial charge is 0.495 e. The topological polar surface area (TPSA) is 130 Å². The number of imide groups is 1. The molecule has 0 saturated carbocycles. The van der Waals surface area contributed by atoms with Crippen LogP contribution in [0.4, 0.5) is 11.4 Å². The van der Waals surface area contributed by atoms with E-state index in [4.69, 9.17) is 9.47 Å². The highest BCUT2D eigenvalue weighted by atomic mass is 16.5. The number of ether oxygens (including phenoxy) is 2. The average Bonchev–Trinajstić information content (AvgIpc) is 3.33. The molecule has 0 radical (unpaired) electrons. The summed E-state index contributed by atoms with van der Waals surface area (Å²) in [6, 6.07) is 10.8. The Morgan fingerprint density at radius 1 is 1.06 bits per heavy atom. The normalized spacial score (nSPS) is 19.0. The number of hydrogen-bond donors (Lipinski definition) is 1. The lowest BCUT2D eigenvalue weighted by Crippen LogP contribution is -2.43. The van der Waals surface area contributed by atoms with Gasteiger partial charge in [0.2, 0.25) is 5.91 Å². The molecule has 1 saturated heterocycles. The third kappa shape index (κ3) is 4.12. The summed E-state index contributed by atoms with van der Waals surface area (Å²) in [7, 11) is 1.44. The SMILES string of the molecule is CCOC(=O)c1ccc(NC(=O)CN2N=N[C@@H]3C(=O)N(c4ccccc4OC)C(=O)[C@H]32)cc1. The van der Waals surface area contributed by atoms with Crippen molar-refractivity contribution in [3.8, 4) is 5.75 Å². The second kappa shape index (κ2) is 9.07. The third-order valence-corrected chi connectivity index (χ3v) is 5.17. The third-order valence-electron chi connectivity index (χ3n) is 5.17. The summed E-state index contributed by atoms with van der Waals surface area (Å²) in [6.07, 6.45) is 0. The number of amides is 3. The molecule has 0 bridgehead atoms. The summed E-state index contributed by atoms with van der Waals surface area (Å²) in [6.45, 7) is 1.69. The van der Waals surface area contributed by atoms with Gasteiger partial charge in [0.25, 0.3) is 11.8 Å². The van der Waals surface area contributed by atoms with Gasteiger partial charge in [0.15, 0.2) is 12.1 Å². The number of para-hydroxylation sites is 2. The fourth-order valence-electron chi connectivity index (χ4n) is 3.66. The summed E-state index contributed by atoms with van der Waals surface area (Å²) >= 11 is 0. The maximum atomic E-state index is 13.1. The van der Waals surface area contributed by atoms with Crippen molar-refractivity contribution in [3.05, 3.63) is 54.1 Å². The molecule has 2 aliphatic rings. The van der Waals surface area contributed by atoms with Crippen LogP contribution in [-0.2, 0) is 19.1 Å². The van der Waals surface area contributed by atoms with Crippen molar-refractivity contribution in [2.75, 3.05) is 30.5 Å². The van der Waals surface area contributed by atoms with Crippen molar-refractivity contribution in [2.45, 2.75) is 19.0 Å². The maximum Gasteiger partial charge on any atom is 0.338 e. The Morgan fingerprint density at radius 3 is 2.48 bits per heavy atom. The van der Waals surface area contributed by atoms with Crippen molar-refractivity contribution < 1.29 is 28.7 Å². The van der Waals surface area contributed by atoms with Crippen LogP contribution in [0.15, 0.2) is 58.9 Å². The molecule has 0 aromatic heterocycles. The molecular weight excluding hydrogens is 430 g/mol. The number of methoxy groups -OCH3 is 1. The van der Waals surface area contributed by atoms with Gasteiger partial charge in [-0.1, -0.05) is 17.4 Å². The highest BCUT2D eigenvalue weighted by Gasteiger charge is 2.55. The molecule has 11 heteroatoms. The van der Waals surface area contributed by atoms with Gasteiger partial charge in [0, 0.05) is 5.69 Å². The molecule has 170 valence electrons. The number of nitrogens with zero attached hydrogens (tertiary/aromatic N) is 4. The smallest absolute Gasteiger partial charge is 0.338 e. The molecule has 2 aliphatic heterocycles. The molecule has 33 heavy (non-hydrogen) atoms. The minimum Gasteiger partial charge on any atom is -0.495 e. The van der Waals surface area contributed by atoms with E-state index in [-0.39, 0.29) is 13.2 Å². The molecule has 0 aliphatic carbocycles. The standard InChI is InChI=1S/C22H21N5O6/c1-3-33-22(31)13-8-10-14(11-9-13)23-17(28)12-26-19-18(24-25-26)20(29)27(21(19)30)15-6-4-5-7-16(15)32-2/h4-11,18-19H,3,12H2,1-2H3,(H,23,28)/t18-,19-/m0/s1. The van der Waals surface area contributed by atoms with Gasteiger partial charge in [-0.2, -0.15) is 5.11 Å². The zero-order valence-corrected chi connectivity index (χ0v) is 17.9. The van der Waals surface area contributed by atoms with Crippen molar-refractivity contribution >= 4 is 35.1 Å². The number of nitrogens with one attached hydrogen (secondary N) is 1. The Labute approximate surface area is 188 Å². The predicted octanol–water partition coefficient (Wildman–Crippen LogP) is 1.80. The van der Waals surface area contributed by atoms with Crippen LogP contribution in [0.5, 0.6) is 5.75 Å². The van der Waals surface area contributed by atoms with E-state index in [2.05, 4.69) is 15.7 Å². The first kappa shape index (κ1) is 21.9. The molecule has 3 amide bonds. The maximum absolute atomic E-state index is 13.1. The molecule has 1 fully saturated rings. The van der Waals surface area contributed by atoms with Crippen LogP contribution in [0.25, 0.3) is 0 Å². The summed E-state index contributed by atoms with van der Waals surface area (Å²) in [5.74, 6) is -1.62. The lowest BCUT2D eigenvalue weighted by Gasteiger charge is -2.21. The molecule has 0 spiro atoms. The van der Waals surface area contributed by atoms with E-state index in [1.54, 1.807) is 43.3 Å². The molecule has 0 unspecified atom stereocenters. The Hall–Kier alpha value is -4.28. The number of carbonyl (C=O) groups excluding carboxylic acids is 4. The number of carbonyl (C=O) groups is 4. The van der Waals surface area contributed by atoms with Crippen molar-refractivity contribution in [1.29, 1.82) is 0 Å². The lowest BCUT2D eigenvalue weighted by molar-refractivity contribution is -0.123. The van der Waals surface area contributed by atoms with Crippen LogP contribution in [-0.4, -0.2) is 61.0 Å². The first-order valence-corrected chi connectivity index (χ1v) is 10.2. The van der Waals surface area contributed by atoms with Crippen LogP contribution in [0.1, 0.15) is 17.3 Å². The molecule has 2 atom stereocenters. The number of esters is 1. The van der Waals surface area contributed by atoms with Gasteiger partial charge >= 0.3 is 5.97 Å². The zero-order valence-electron chi connectivity index (χ0n) is 17.9. The molecule has 2 aromatic carbocycles. The first-order chi connectivity index (χ1) is 15.9. The summed E-state index contributed by atoms with van der Waals surface area (Å²) in [5.41, 5.74) is 1.12. The second-order valence-electron chi connectivity index (χ2n) is 7.22. The van der Waals surface area contributed by atoms with Gasteiger partial charge in [-0.15, -0.1) is 0 Å². The van der Waals surface area contributed by atoms with Gasteiger partial charge in [-0.25, -0.2) is 9.69 Å². The van der Waals surface area contributed by atoms with Crippen LogP contribution in [0, 0.1) is 0 Å². The summed E-state index contributed by atoms with van der Waals surface area (Å²) in [4.78, 5) is 51.2. The zero-order chi connectivity index (χ0) is 23.5. The molecule has 11 nitrogen and oxygen atoms in total. The van der Waals surface area contributed by atoms with Gasteiger partial charge in [-0.3, -0.25) is 19.4 Å². The van der Waals surface area contributed by atoms with E-state index in [9.17, 15) is 19.2 Å². The van der Waals surface area contributed by atoms with E-state index >= 15 is 0 Å². The number of anilines is 2. The van der Waals surface area contributed by atoms with Gasteiger partial charge in [-0.05, 0) is 43.3 Å². The van der Waals surface area contributed by atoms with Crippen LogP contribution >= 0.6 is 0 Å². The van der Waals surface area contributed by atoms with Crippen LogP contribution < -0.4 is 15.0 Å². The van der Waals surface area contributed by atoms with Crippen LogP contribution in [0.2, 0.25) is 0 Å². The molecule has 2 heterocycles. The summed E-state index contributed by atoms with van der Waals surface area (Å²) < 4.78 is 10.2. The van der Waals surface area contributed by atoms with Gasteiger partial charge < -0.3 is 14.8 Å². The fourth-order valence-corrected chi connectivity index (χ4v) is 3.66. The van der Waals surface area contributed by atoms with Crippen molar-refractivity contribution in [2.24, 2.45) is 10.3 Å². The van der Waals surface area contributed by atoms with E-state index in [0.29, 0.717) is 22.7 Å². The Kier molecular flexibility index (Phi) is 6.03. The number of rotatable bonds is 7. The minimum absolute atomic E-state index is 0.263. The van der Waals surface area contributed by atoms with E-state index in [0.717, 1.165) is 4.90 Å². The molecular formula is C22H21N5O6. The van der Waals surface area contributed by atoms with Crippen molar-refractivity contribution in [1.82, 2.24) is 5.01 Å². The predicted molar refractivity (Wildman–Crippen MR) is 116 cm³/mol. The average molecular weight is 451 g/mol. The Balaban J connectivity index is 1.43. The van der Waals surface area contributed by atoms with Crippen molar-refractivity contribution in [3.63, 3.8) is 0 Å². The minimum atomic E-state index is -1.03. The number of benzene rings is 2. The number of hydrogen-bond acceptors (Lipinski definition) is 9. The first-order valence-electron chi connectivity index (χ1n) is 10.2. The second-order valence-corrected chi connectivity index (χ2v) is 7.22. The highest BCUT2D eigenvalue weighted by Crippen LogP contribution is 2.36. The number of fused-ring (bicyclic) bond motifs is 1. The van der Waals surface area contributed by atoms with Crippen LogP contribution in [0.3, 0.4) is 0 Å².